The Morgan fingerprint density at radius 2 is 1.18 bits per heavy atom. The van der Waals surface area contributed by atoms with E-state index in [9.17, 15) is 0 Å². The lowest BCUT2D eigenvalue weighted by Gasteiger charge is -2.22. The van der Waals surface area contributed by atoms with E-state index in [0.29, 0.717) is 17.8 Å². The first-order chi connectivity index (χ1) is 10.4. The number of rotatable bonds is 5. The summed E-state index contributed by atoms with van der Waals surface area (Å²) in [4.78, 5) is 0. The maximum Gasteiger partial charge on any atom is 0.122 e. The molecule has 2 aromatic carbocycles. The van der Waals surface area contributed by atoms with E-state index < -0.39 is 0 Å². The zero-order valence-corrected chi connectivity index (χ0v) is 15.8. The van der Waals surface area contributed by atoms with Crippen LogP contribution in [0.3, 0.4) is 0 Å². The van der Waals surface area contributed by atoms with Crippen molar-refractivity contribution in [1.82, 2.24) is 0 Å². The van der Waals surface area contributed by atoms with Gasteiger partial charge in [0.1, 0.15) is 9.52 Å². The van der Waals surface area contributed by atoms with Gasteiger partial charge in [-0.3, -0.25) is 0 Å². The summed E-state index contributed by atoms with van der Waals surface area (Å²) < 4.78 is 0. The summed E-state index contributed by atoms with van der Waals surface area (Å²) in [7, 11) is 0.750. The van der Waals surface area contributed by atoms with Crippen molar-refractivity contribution in [2.75, 3.05) is 0 Å². The second-order valence-corrected chi connectivity index (χ2v) is 8.36. The number of hydrogen-bond acceptors (Lipinski definition) is 0. The molecule has 0 bridgehead atoms. The fourth-order valence-electron chi connectivity index (χ4n) is 2.77. The lowest BCUT2D eigenvalue weighted by Crippen LogP contribution is -2.34. The minimum absolute atomic E-state index is 0.572. The maximum atomic E-state index is 2.45. The molecule has 116 valence electrons. The van der Waals surface area contributed by atoms with Crippen molar-refractivity contribution < 1.29 is 0 Å². The van der Waals surface area contributed by atoms with Gasteiger partial charge in [0.15, 0.2) is 0 Å². The Hall–Kier alpha value is -1.34. The highest BCUT2D eigenvalue weighted by molar-refractivity contribution is 6.68. The Labute approximate surface area is 138 Å². The van der Waals surface area contributed by atoms with E-state index in [1.54, 1.807) is 5.19 Å². The van der Waals surface area contributed by atoms with E-state index in [1.165, 1.54) is 21.9 Å². The fraction of sp³-hybridized carbons (Fsp3) is 0.429. The molecule has 22 heavy (non-hydrogen) atoms. The predicted molar refractivity (Wildman–Crippen MR) is 100 cm³/mol. The van der Waals surface area contributed by atoms with Crippen molar-refractivity contribution in [1.29, 1.82) is 0 Å². The van der Waals surface area contributed by atoms with Gasteiger partial charge in [0.05, 0.1) is 0 Å². The molecule has 1 heteroatoms. The monoisotopic (exact) mass is 308 g/mol. The predicted octanol–water partition coefficient (Wildman–Crippen LogP) is 4.71. The zero-order valence-electron chi connectivity index (χ0n) is 14.8. The minimum atomic E-state index is 0.572. The van der Waals surface area contributed by atoms with Gasteiger partial charge in [-0.1, -0.05) is 94.4 Å². The summed E-state index contributed by atoms with van der Waals surface area (Å²) in [5.74, 6) is 1.73. The standard InChI is InChI=1S/C21H28Si/c1-14(2)17-12-19(15(3)4)21(20(13-17)16(5)6)22-18-10-8-7-9-11-18/h7-16H,1-6H3. The molecule has 2 aromatic rings. The molecule has 0 aliphatic carbocycles. The molecule has 0 aromatic heterocycles. The van der Waals surface area contributed by atoms with Crippen molar-refractivity contribution in [2.24, 2.45) is 0 Å². The maximum absolute atomic E-state index is 2.45. The highest BCUT2D eigenvalue weighted by atomic mass is 28.2. The molecular weight excluding hydrogens is 280 g/mol. The van der Waals surface area contributed by atoms with E-state index in [1.807, 2.05) is 0 Å². The first-order valence-electron chi connectivity index (χ1n) is 8.40. The number of hydrogen-bond donors (Lipinski definition) is 0. The van der Waals surface area contributed by atoms with Crippen LogP contribution >= 0.6 is 0 Å². The second kappa shape index (κ2) is 7.28. The topological polar surface area (TPSA) is 0 Å². The number of benzene rings is 2. The second-order valence-electron chi connectivity index (χ2n) is 7.03. The molecule has 0 saturated carbocycles. The quantitative estimate of drug-likeness (QED) is 0.702. The van der Waals surface area contributed by atoms with Crippen LogP contribution in [0.2, 0.25) is 0 Å². The van der Waals surface area contributed by atoms with Crippen LogP contribution in [0.4, 0.5) is 0 Å². The Kier molecular flexibility index (Phi) is 5.63. The van der Waals surface area contributed by atoms with Crippen LogP contribution in [0.1, 0.15) is 76.0 Å². The molecular formula is C21H28Si. The van der Waals surface area contributed by atoms with Gasteiger partial charge >= 0.3 is 0 Å². The fourth-order valence-corrected chi connectivity index (χ4v) is 4.42. The molecule has 0 nitrogen and oxygen atoms in total. The van der Waals surface area contributed by atoms with Crippen LogP contribution in [0.25, 0.3) is 0 Å². The molecule has 0 fully saturated rings. The zero-order chi connectivity index (χ0) is 16.3. The van der Waals surface area contributed by atoms with Gasteiger partial charge in [-0.2, -0.15) is 0 Å². The molecule has 0 N–H and O–H groups in total. The summed E-state index contributed by atoms with van der Waals surface area (Å²) in [6.45, 7) is 13.9. The van der Waals surface area contributed by atoms with Crippen LogP contribution in [-0.4, -0.2) is 9.52 Å². The molecule has 2 radical (unpaired) electrons. The van der Waals surface area contributed by atoms with E-state index in [2.05, 4.69) is 84.0 Å². The normalized spacial score (nSPS) is 11.7. The lowest BCUT2D eigenvalue weighted by molar-refractivity contribution is 0.813. The third kappa shape index (κ3) is 3.89. The van der Waals surface area contributed by atoms with Crippen LogP contribution in [0.15, 0.2) is 42.5 Å². The van der Waals surface area contributed by atoms with Gasteiger partial charge in [-0.05, 0) is 34.4 Å². The molecule has 0 amide bonds. The molecule has 2 rings (SSSR count). The smallest absolute Gasteiger partial charge is 0.0631 e. The molecule has 0 heterocycles. The van der Waals surface area contributed by atoms with E-state index in [0.717, 1.165) is 9.52 Å². The third-order valence-electron chi connectivity index (χ3n) is 4.18. The van der Waals surface area contributed by atoms with Crippen molar-refractivity contribution >= 4 is 19.9 Å². The molecule has 0 aliphatic rings. The average molecular weight is 309 g/mol. The third-order valence-corrected chi connectivity index (χ3v) is 5.62. The van der Waals surface area contributed by atoms with Gasteiger partial charge in [0, 0.05) is 0 Å². The molecule has 0 atom stereocenters. The first kappa shape index (κ1) is 17.0. The summed E-state index contributed by atoms with van der Waals surface area (Å²) >= 11 is 0. The van der Waals surface area contributed by atoms with Crippen molar-refractivity contribution in [2.45, 2.75) is 59.3 Å². The van der Waals surface area contributed by atoms with E-state index in [4.69, 9.17) is 0 Å². The molecule has 0 spiro atoms. The Bertz CT molecular complexity index is 580. The Morgan fingerprint density at radius 3 is 1.59 bits per heavy atom. The SMILES string of the molecule is CC(C)c1cc(C(C)C)c([Si]c2ccccc2)c(C(C)C)c1. The highest BCUT2D eigenvalue weighted by Crippen LogP contribution is 2.25. The van der Waals surface area contributed by atoms with Crippen molar-refractivity contribution in [3.05, 3.63) is 59.2 Å². The highest BCUT2D eigenvalue weighted by Gasteiger charge is 2.17. The van der Waals surface area contributed by atoms with Crippen LogP contribution < -0.4 is 10.4 Å². The van der Waals surface area contributed by atoms with Gasteiger partial charge < -0.3 is 0 Å². The first-order valence-corrected chi connectivity index (χ1v) is 9.40. The Morgan fingerprint density at radius 1 is 0.682 bits per heavy atom. The average Bonchev–Trinajstić information content (AvgIpc) is 2.47. The largest absolute Gasteiger partial charge is 0.122 e. The van der Waals surface area contributed by atoms with Gasteiger partial charge in [0.2, 0.25) is 0 Å². The minimum Gasteiger partial charge on any atom is -0.0631 e. The van der Waals surface area contributed by atoms with E-state index in [-0.39, 0.29) is 0 Å². The van der Waals surface area contributed by atoms with Crippen molar-refractivity contribution in [3.8, 4) is 0 Å². The van der Waals surface area contributed by atoms with Gasteiger partial charge in [-0.15, -0.1) is 0 Å². The van der Waals surface area contributed by atoms with Crippen LogP contribution in [0, 0.1) is 0 Å². The molecule has 0 aliphatic heterocycles. The Balaban J connectivity index is 2.58. The summed E-state index contributed by atoms with van der Waals surface area (Å²) in [5, 5.41) is 3.00. The van der Waals surface area contributed by atoms with Crippen LogP contribution in [-0.2, 0) is 0 Å². The van der Waals surface area contributed by atoms with Gasteiger partial charge in [0.25, 0.3) is 0 Å². The molecule has 0 saturated heterocycles. The lowest BCUT2D eigenvalue weighted by atomic mass is 9.89. The van der Waals surface area contributed by atoms with E-state index >= 15 is 0 Å². The summed E-state index contributed by atoms with van der Waals surface area (Å²) in [6, 6.07) is 15.8. The van der Waals surface area contributed by atoms with Crippen LogP contribution in [0.5, 0.6) is 0 Å². The summed E-state index contributed by atoms with van der Waals surface area (Å²) in [5.41, 5.74) is 4.56. The van der Waals surface area contributed by atoms with Crippen molar-refractivity contribution in [3.63, 3.8) is 0 Å². The summed E-state index contributed by atoms with van der Waals surface area (Å²) in [6.07, 6.45) is 0. The van der Waals surface area contributed by atoms with Gasteiger partial charge in [-0.25, -0.2) is 0 Å². The molecule has 0 unspecified atom stereocenters.